The van der Waals surface area contributed by atoms with Gasteiger partial charge in [0, 0.05) is 45.5 Å². The highest BCUT2D eigenvalue weighted by atomic mass is 16.5. The molecule has 0 unspecified atom stereocenters. The Morgan fingerprint density at radius 3 is 2.35 bits per heavy atom. The third kappa shape index (κ3) is 16.7. The van der Waals surface area contributed by atoms with Crippen LogP contribution >= 0.6 is 0 Å². The minimum atomic E-state index is -0.316. The molecule has 0 bridgehead atoms. The molecule has 1 rings (SSSR count). The number of ether oxygens (including phenoxy) is 2. The normalized spacial score (nSPS) is 10.9. The molecule has 0 saturated heterocycles. The van der Waals surface area contributed by atoms with Gasteiger partial charge in [0.25, 0.3) is 0 Å². The fourth-order valence-corrected chi connectivity index (χ4v) is 4.10. The number of rotatable bonds is 22. The van der Waals surface area contributed by atoms with E-state index < -0.39 is 0 Å². The second-order valence-electron chi connectivity index (χ2n) is 10.3. The lowest BCUT2D eigenvalue weighted by Crippen LogP contribution is -2.21. The summed E-state index contributed by atoms with van der Waals surface area (Å²) in [5, 5.41) is 2.87. The van der Waals surface area contributed by atoms with E-state index in [1.54, 1.807) is 32.3 Å². The molecule has 8 nitrogen and oxygen atoms in total. The molecule has 1 N–H and O–H groups in total. The number of aryl methyl sites for hydroxylation is 1. The molecular weight excluding hydrogens is 508 g/mol. The van der Waals surface area contributed by atoms with Gasteiger partial charge < -0.3 is 19.7 Å². The average molecular weight is 559 g/mol. The molecule has 0 aromatic heterocycles. The Morgan fingerprint density at radius 2 is 1.62 bits per heavy atom. The highest BCUT2D eigenvalue weighted by Gasteiger charge is 2.12. The van der Waals surface area contributed by atoms with Gasteiger partial charge in [0.1, 0.15) is 5.75 Å². The number of carbonyl (C=O) groups is 4. The molecule has 0 atom stereocenters. The van der Waals surface area contributed by atoms with Gasteiger partial charge in [-0.25, -0.2) is 0 Å². The lowest BCUT2D eigenvalue weighted by molar-refractivity contribution is -0.140. The predicted octanol–water partition coefficient (Wildman–Crippen LogP) is 6.41. The first-order valence-corrected chi connectivity index (χ1v) is 14.8. The van der Waals surface area contributed by atoms with Gasteiger partial charge in [0.05, 0.1) is 13.7 Å². The second-order valence-corrected chi connectivity index (χ2v) is 10.3. The van der Waals surface area contributed by atoms with Crippen LogP contribution in [0.4, 0.5) is 5.69 Å². The lowest BCUT2D eigenvalue weighted by atomic mass is 10.1. The maximum Gasteiger partial charge on any atom is 0.305 e. The summed E-state index contributed by atoms with van der Waals surface area (Å²) in [6.07, 6.45) is 15.6. The van der Waals surface area contributed by atoms with Gasteiger partial charge in [-0.3, -0.25) is 19.2 Å². The largest absolute Gasteiger partial charge is 0.493 e. The number of anilines is 1. The Labute approximate surface area is 240 Å². The van der Waals surface area contributed by atoms with E-state index in [1.807, 2.05) is 12.1 Å². The van der Waals surface area contributed by atoms with Crippen molar-refractivity contribution in [1.29, 1.82) is 0 Å². The number of methoxy groups -OCH3 is 1. The zero-order chi connectivity index (χ0) is 29.6. The third-order valence-electron chi connectivity index (χ3n) is 6.57. The van der Waals surface area contributed by atoms with Gasteiger partial charge in [0.2, 0.25) is 11.8 Å². The molecule has 8 heteroatoms. The molecule has 0 aliphatic heterocycles. The molecular formula is C32H50N2O6. The Kier molecular flexibility index (Phi) is 18.9. The van der Waals surface area contributed by atoms with Crippen molar-refractivity contribution in [2.24, 2.45) is 0 Å². The highest BCUT2D eigenvalue weighted by molar-refractivity contribution is 5.91. The summed E-state index contributed by atoms with van der Waals surface area (Å²) in [5.74, 6) is 0.383. The summed E-state index contributed by atoms with van der Waals surface area (Å²) in [5.41, 5.74) is 1.43. The number of carbonyl (C=O) groups excluding carboxylic acids is 4. The second kappa shape index (κ2) is 21.6. The van der Waals surface area contributed by atoms with E-state index >= 15 is 0 Å². The minimum Gasteiger partial charge on any atom is -0.493 e. The standard InChI is InChI=1S/C32H50N2O6/c1-5-6-7-8-9-12-16-28(35)17-13-10-11-14-24-40-29-22-21-27(25-26(29)20-23-32(38)39-4)33-30(36)18-15-19-31(37)34(2)3/h13,17,21-22,25H,5-12,14-16,18-20,23-24H2,1-4H3,(H,33,36)/b17-13+. The Morgan fingerprint density at radius 1 is 0.875 bits per heavy atom. The van der Waals surface area contributed by atoms with E-state index in [-0.39, 0.29) is 36.4 Å². The molecule has 40 heavy (non-hydrogen) atoms. The van der Waals surface area contributed by atoms with Crippen LogP contribution in [0.3, 0.4) is 0 Å². The zero-order valence-corrected chi connectivity index (χ0v) is 25.1. The van der Waals surface area contributed by atoms with Crippen LogP contribution in [0.5, 0.6) is 5.75 Å². The number of benzene rings is 1. The number of unbranched alkanes of at least 4 members (excludes halogenated alkanes) is 7. The van der Waals surface area contributed by atoms with E-state index in [2.05, 4.69) is 12.2 Å². The molecule has 0 heterocycles. The molecule has 1 aromatic rings. The minimum absolute atomic E-state index is 0.00703. The first-order chi connectivity index (χ1) is 19.3. The molecule has 0 radical (unpaired) electrons. The first kappa shape index (κ1) is 34.9. The van der Waals surface area contributed by atoms with E-state index in [1.165, 1.54) is 37.7 Å². The van der Waals surface area contributed by atoms with Crippen LogP contribution in [-0.2, 0) is 30.3 Å². The average Bonchev–Trinajstić information content (AvgIpc) is 2.93. The van der Waals surface area contributed by atoms with Gasteiger partial charge in [-0.15, -0.1) is 0 Å². The lowest BCUT2D eigenvalue weighted by Gasteiger charge is -2.14. The smallest absolute Gasteiger partial charge is 0.305 e. The van der Waals surface area contributed by atoms with E-state index in [9.17, 15) is 19.2 Å². The molecule has 1 aromatic carbocycles. The summed E-state index contributed by atoms with van der Waals surface area (Å²) in [4.78, 5) is 49.2. The molecule has 0 aliphatic rings. The Balaban J connectivity index is 2.48. The fraction of sp³-hybridized carbons (Fsp3) is 0.625. The van der Waals surface area contributed by atoms with Crippen LogP contribution in [0.15, 0.2) is 30.4 Å². The summed E-state index contributed by atoms with van der Waals surface area (Å²) in [6.45, 7) is 2.71. The maximum absolute atomic E-state index is 12.3. The number of esters is 1. The number of hydrogen-bond acceptors (Lipinski definition) is 6. The summed E-state index contributed by atoms with van der Waals surface area (Å²) in [7, 11) is 4.74. The number of hydrogen-bond donors (Lipinski definition) is 1. The van der Waals surface area contributed by atoms with Crippen LogP contribution in [-0.4, -0.2) is 56.3 Å². The van der Waals surface area contributed by atoms with Crippen LogP contribution < -0.4 is 10.1 Å². The van der Waals surface area contributed by atoms with Gasteiger partial charge >= 0.3 is 5.97 Å². The van der Waals surface area contributed by atoms with Crippen molar-refractivity contribution >= 4 is 29.3 Å². The number of allylic oxidation sites excluding steroid dienone is 2. The number of nitrogens with one attached hydrogen (secondary N) is 1. The molecule has 0 spiro atoms. The highest BCUT2D eigenvalue weighted by Crippen LogP contribution is 2.25. The van der Waals surface area contributed by atoms with Gasteiger partial charge in [0.15, 0.2) is 5.78 Å². The van der Waals surface area contributed by atoms with Crippen molar-refractivity contribution < 1.29 is 28.7 Å². The predicted molar refractivity (Wildman–Crippen MR) is 159 cm³/mol. The van der Waals surface area contributed by atoms with Crippen molar-refractivity contribution in [3.05, 3.63) is 35.9 Å². The van der Waals surface area contributed by atoms with Gasteiger partial charge in [-0.1, -0.05) is 45.1 Å². The first-order valence-electron chi connectivity index (χ1n) is 14.8. The van der Waals surface area contributed by atoms with E-state index in [0.29, 0.717) is 43.7 Å². The third-order valence-corrected chi connectivity index (χ3v) is 6.57. The van der Waals surface area contributed by atoms with E-state index in [4.69, 9.17) is 9.47 Å². The number of amides is 2. The van der Waals surface area contributed by atoms with Crippen molar-refractivity contribution in [2.45, 2.75) is 103 Å². The number of nitrogens with zero attached hydrogens (tertiary/aromatic N) is 1. The van der Waals surface area contributed by atoms with Crippen molar-refractivity contribution in [2.75, 3.05) is 33.1 Å². The molecule has 0 fully saturated rings. The van der Waals surface area contributed by atoms with E-state index in [0.717, 1.165) is 37.7 Å². The SMILES string of the molecule is CCCCCCCCC(=O)/C=C/CCCCOc1ccc(NC(=O)CCCC(=O)N(C)C)cc1CCC(=O)OC. The molecule has 2 amide bonds. The monoisotopic (exact) mass is 558 g/mol. The molecule has 0 saturated carbocycles. The van der Waals surface area contributed by atoms with Crippen LogP contribution in [0.1, 0.15) is 102 Å². The summed E-state index contributed by atoms with van der Waals surface area (Å²) < 4.78 is 10.8. The van der Waals surface area contributed by atoms with Gasteiger partial charge in [-0.2, -0.15) is 0 Å². The fourth-order valence-electron chi connectivity index (χ4n) is 4.10. The Hall–Kier alpha value is -3.16. The van der Waals surface area contributed by atoms with Crippen LogP contribution in [0, 0.1) is 0 Å². The number of ketones is 1. The van der Waals surface area contributed by atoms with Crippen LogP contribution in [0.2, 0.25) is 0 Å². The molecule has 224 valence electrons. The van der Waals surface area contributed by atoms with Crippen molar-refractivity contribution in [1.82, 2.24) is 4.90 Å². The van der Waals surface area contributed by atoms with Crippen LogP contribution in [0.25, 0.3) is 0 Å². The topological polar surface area (TPSA) is 102 Å². The molecule has 0 aliphatic carbocycles. The maximum atomic E-state index is 12.3. The van der Waals surface area contributed by atoms with Crippen molar-refractivity contribution in [3.8, 4) is 5.75 Å². The van der Waals surface area contributed by atoms with Gasteiger partial charge in [-0.05, 0) is 68.4 Å². The zero-order valence-electron chi connectivity index (χ0n) is 25.1. The quantitative estimate of drug-likeness (QED) is 0.100. The Bertz CT molecular complexity index is 941. The summed E-state index contributed by atoms with van der Waals surface area (Å²) >= 11 is 0. The van der Waals surface area contributed by atoms with Crippen molar-refractivity contribution in [3.63, 3.8) is 0 Å². The summed E-state index contributed by atoms with van der Waals surface area (Å²) in [6, 6.07) is 5.40.